The number of terminal acetylenes is 1. The maximum Gasteiger partial charge on any atom is 0.348 e. The zero-order chi connectivity index (χ0) is 10.4. The molecule has 0 saturated heterocycles. The van der Waals surface area contributed by atoms with Gasteiger partial charge in [-0.15, -0.1) is 0 Å². The molecular formula is C11H8NiO3. The third kappa shape index (κ3) is 4.35. The predicted octanol–water partition coefficient (Wildman–Crippen LogP) is 1.72. The van der Waals surface area contributed by atoms with Crippen molar-refractivity contribution in [3.8, 4) is 12.5 Å². The van der Waals surface area contributed by atoms with Gasteiger partial charge in [0.2, 0.25) is 0 Å². The summed E-state index contributed by atoms with van der Waals surface area (Å²) in [6, 6.07) is 8.61. The normalized spacial score (nSPS) is 9.67. The molecule has 0 atom stereocenters. The number of benzene rings is 1. The number of carbonyl (C=O) groups excluding carboxylic acids is 1. The van der Waals surface area contributed by atoms with E-state index in [1.54, 1.807) is 36.4 Å². The van der Waals surface area contributed by atoms with Crippen LogP contribution in [0.15, 0.2) is 36.4 Å². The molecule has 0 radical (unpaired) electrons. The van der Waals surface area contributed by atoms with Gasteiger partial charge in [-0.1, -0.05) is 36.8 Å². The van der Waals surface area contributed by atoms with Gasteiger partial charge in [-0.05, 0) is 0 Å². The summed E-state index contributed by atoms with van der Waals surface area (Å²) in [6.45, 7) is 0. The van der Waals surface area contributed by atoms with E-state index in [4.69, 9.17) is 6.42 Å². The van der Waals surface area contributed by atoms with Gasteiger partial charge in [0.1, 0.15) is 11.9 Å². The Morgan fingerprint density at radius 2 is 2.00 bits per heavy atom. The number of carbonyl (C=O) groups is 1. The minimum Gasteiger partial charge on any atom is -0.507 e. The van der Waals surface area contributed by atoms with Gasteiger partial charge in [-0.25, -0.2) is 4.79 Å². The molecule has 0 fully saturated rings. The van der Waals surface area contributed by atoms with Crippen LogP contribution < -0.4 is 0 Å². The summed E-state index contributed by atoms with van der Waals surface area (Å²) in [6.07, 6.45) is 7.38. The number of aliphatic hydroxyl groups excluding tert-OH is 1. The first-order valence-electron chi connectivity index (χ1n) is 3.86. The fourth-order valence-corrected chi connectivity index (χ4v) is 0.891. The van der Waals surface area contributed by atoms with Gasteiger partial charge in [0.25, 0.3) is 0 Å². The number of rotatable bonds is 2. The number of ether oxygens (including phenoxy) is 1. The van der Waals surface area contributed by atoms with Crippen molar-refractivity contribution >= 4 is 11.7 Å². The van der Waals surface area contributed by atoms with E-state index in [9.17, 15) is 9.90 Å². The predicted molar refractivity (Wildman–Crippen MR) is 52.0 cm³/mol. The second-order valence-corrected chi connectivity index (χ2v) is 2.43. The third-order valence-corrected chi connectivity index (χ3v) is 1.48. The van der Waals surface area contributed by atoms with Crippen molar-refractivity contribution < 1.29 is 31.1 Å². The zero-order valence-corrected chi connectivity index (χ0v) is 8.61. The van der Waals surface area contributed by atoms with Crippen LogP contribution in [-0.2, 0) is 26.0 Å². The summed E-state index contributed by atoms with van der Waals surface area (Å²) in [5.74, 6) is -0.945. The van der Waals surface area contributed by atoms with Crippen molar-refractivity contribution in [1.82, 2.24) is 0 Å². The summed E-state index contributed by atoms with van der Waals surface area (Å²) < 4.78 is 4.19. The SMILES string of the molecule is C#COC(=O)/C=C(\O)c1ccccc1.[Ni]. The Morgan fingerprint density at radius 3 is 2.53 bits per heavy atom. The summed E-state index contributed by atoms with van der Waals surface area (Å²) >= 11 is 0. The Morgan fingerprint density at radius 1 is 1.40 bits per heavy atom. The van der Waals surface area contributed by atoms with Crippen LogP contribution in [0.5, 0.6) is 0 Å². The second-order valence-electron chi connectivity index (χ2n) is 2.43. The first kappa shape index (κ1) is 13.3. The molecule has 0 aromatic heterocycles. The van der Waals surface area contributed by atoms with Gasteiger partial charge in [0, 0.05) is 22.1 Å². The van der Waals surface area contributed by atoms with E-state index >= 15 is 0 Å². The molecule has 0 aliphatic carbocycles. The van der Waals surface area contributed by atoms with E-state index in [0.29, 0.717) is 5.56 Å². The van der Waals surface area contributed by atoms with E-state index in [2.05, 4.69) is 4.74 Å². The average molecular weight is 247 g/mol. The van der Waals surface area contributed by atoms with Crippen LogP contribution >= 0.6 is 0 Å². The van der Waals surface area contributed by atoms with Crippen molar-refractivity contribution in [2.45, 2.75) is 0 Å². The molecule has 0 amide bonds. The molecule has 0 heterocycles. The number of esters is 1. The van der Waals surface area contributed by atoms with Crippen LogP contribution in [0.1, 0.15) is 5.56 Å². The monoisotopic (exact) mass is 246 g/mol. The molecule has 0 aliphatic heterocycles. The average Bonchev–Trinajstić information content (AvgIpc) is 2.19. The van der Waals surface area contributed by atoms with Crippen molar-refractivity contribution in [2.24, 2.45) is 0 Å². The van der Waals surface area contributed by atoms with Crippen LogP contribution in [0.3, 0.4) is 0 Å². The van der Waals surface area contributed by atoms with Crippen LogP contribution in [0.4, 0.5) is 0 Å². The molecule has 4 heteroatoms. The standard InChI is InChI=1S/C11H8O3.Ni/c1-2-14-11(13)8-10(12)9-6-4-3-5-7-9;/h1,3-8,12H;/b10-8-;. The Kier molecular flexibility index (Phi) is 5.93. The van der Waals surface area contributed by atoms with E-state index in [1.165, 1.54) is 0 Å². The first-order chi connectivity index (χ1) is 6.74. The number of hydrogen-bond donors (Lipinski definition) is 1. The molecule has 3 nitrogen and oxygen atoms in total. The molecule has 1 N–H and O–H groups in total. The molecule has 0 saturated carbocycles. The Balaban J connectivity index is 0.00000196. The molecule has 80 valence electrons. The van der Waals surface area contributed by atoms with Crippen LogP contribution in [0, 0.1) is 12.5 Å². The van der Waals surface area contributed by atoms with Gasteiger partial charge < -0.3 is 9.84 Å². The van der Waals surface area contributed by atoms with Crippen molar-refractivity contribution in [2.75, 3.05) is 0 Å². The number of hydrogen-bond acceptors (Lipinski definition) is 3. The summed E-state index contributed by atoms with van der Waals surface area (Å²) in [5.41, 5.74) is 0.529. The largest absolute Gasteiger partial charge is 0.507 e. The minimum absolute atomic E-state index is 0. The molecular weight excluding hydrogens is 239 g/mol. The fraction of sp³-hybridized carbons (Fsp3) is 0. The molecule has 0 unspecified atom stereocenters. The van der Waals surface area contributed by atoms with Crippen LogP contribution in [-0.4, -0.2) is 11.1 Å². The van der Waals surface area contributed by atoms with Gasteiger partial charge >= 0.3 is 5.97 Å². The molecule has 15 heavy (non-hydrogen) atoms. The molecule has 0 bridgehead atoms. The fourth-order valence-electron chi connectivity index (χ4n) is 0.891. The van der Waals surface area contributed by atoms with Gasteiger partial charge in [-0.3, -0.25) is 0 Å². The van der Waals surface area contributed by atoms with Crippen molar-refractivity contribution in [3.05, 3.63) is 42.0 Å². The van der Waals surface area contributed by atoms with E-state index in [-0.39, 0.29) is 22.3 Å². The Bertz CT molecular complexity index is 390. The van der Waals surface area contributed by atoms with Crippen molar-refractivity contribution in [1.29, 1.82) is 0 Å². The quantitative estimate of drug-likeness (QED) is 0.284. The Labute approximate surface area is 97.7 Å². The smallest absolute Gasteiger partial charge is 0.348 e. The maximum atomic E-state index is 10.8. The van der Waals surface area contributed by atoms with Crippen molar-refractivity contribution in [3.63, 3.8) is 0 Å². The number of aliphatic hydroxyl groups is 1. The van der Waals surface area contributed by atoms with Gasteiger partial charge in [-0.2, -0.15) is 0 Å². The Hall–Kier alpha value is -1.72. The summed E-state index contributed by atoms with van der Waals surface area (Å²) in [5, 5.41) is 9.41. The van der Waals surface area contributed by atoms with E-state index < -0.39 is 5.97 Å². The van der Waals surface area contributed by atoms with Crippen LogP contribution in [0.25, 0.3) is 5.76 Å². The molecule has 0 spiro atoms. The molecule has 1 rings (SSSR count). The van der Waals surface area contributed by atoms with E-state index in [1.807, 2.05) is 0 Å². The topological polar surface area (TPSA) is 46.5 Å². The van der Waals surface area contributed by atoms with Gasteiger partial charge in [0.05, 0.1) is 6.08 Å². The molecule has 1 aromatic rings. The maximum absolute atomic E-state index is 10.8. The zero-order valence-electron chi connectivity index (χ0n) is 7.62. The summed E-state index contributed by atoms with van der Waals surface area (Å²) in [4.78, 5) is 10.8. The van der Waals surface area contributed by atoms with Crippen LogP contribution in [0.2, 0.25) is 0 Å². The summed E-state index contributed by atoms with van der Waals surface area (Å²) in [7, 11) is 0. The molecule has 0 aliphatic rings. The first-order valence-corrected chi connectivity index (χ1v) is 3.86. The third-order valence-electron chi connectivity index (χ3n) is 1.48. The molecule has 1 aromatic carbocycles. The van der Waals surface area contributed by atoms with E-state index in [0.717, 1.165) is 6.08 Å². The second kappa shape index (κ2) is 6.70. The minimum atomic E-state index is -0.770. The van der Waals surface area contributed by atoms with Gasteiger partial charge in [0.15, 0.2) is 0 Å².